The van der Waals surface area contributed by atoms with Gasteiger partial charge in [0.25, 0.3) is 0 Å². The summed E-state index contributed by atoms with van der Waals surface area (Å²) in [5, 5.41) is 5.73. The first-order valence-electron chi connectivity index (χ1n) is 8.71. The highest BCUT2D eigenvalue weighted by Gasteiger charge is 2.26. The second-order valence-electron chi connectivity index (χ2n) is 6.45. The van der Waals surface area contributed by atoms with E-state index in [4.69, 9.17) is 28.9 Å². The van der Waals surface area contributed by atoms with Crippen molar-refractivity contribution >= 4 is 40.9 Å². The molecule has 0 aliphatic rings. The van der Waals surface area contributed by atoms with Gasteiger partial charge in [-0.15, -0.1) is 0 Å². The number of hydrogen-bond donors (Lipinski definition) is 3. The standard InChI is InChI=1S/C20H20Cl2FN3O3/c1-11(27)25-18(9-13-4-2-3-5-16(13)23)20(29)26-17(19(24)28)8-12-6-7-14(21)10-15(12)22/h2-7,10,17-18H,8-9H2,1H3,(H2,24,28)(H,25,27)(H,26,29)/t17-,18-/m0/s1. The number of hydrogen-bond acceptors (Lipinski definition) is 3. The van der Waals surface area contributed by atoms with Crippen molar-refractivity contribution in [1.29, 1.82) is 0 Å². The molecule has 0 heterocycles. The maximum absolute atomic E-state index is 14.0. The fraction of sp³-hybridized carbons (Fsp3) is 0.250. The lowest BCUT2D eigenvalue weighted by Crippen LogP contribution is -2.54. The van der Waals surface area contributed by atoms with Crippen LogP contribution in [0.15, 0.2) is 42.5 Å². The lowest BCUT2D eigenvalue weighted by molar-refractivity contribution is -0.130. The van der Waals surface area contributed by atoms with Gasteiger partial charge in [-0.2, -0.15) is 0 Å². The lowest BCUT2D eigenvalue weighted by Gasteiger charge is -2.22. The smallest absolute Gasteiger partial charge is 0.243 e. The molecule has 0 fully saturated rings. The Morgan fingerprint density at radius 2 is 1.66 bits per heavy atom. The zero-order chi connectivity index (χ0) is 21.6. The highest BCUT2D eigenvalue weighted by molar-refractivity contribution is 6.35. The van der Waals surface area contributed by atoms with Gasteiger partial charge >= 0.3 is 0 Å². The third-order valence-electron chi connectivity index (χ3n) is 4.17. The van der Waals surface area contributed by atoms with Crippen molar-refractivity contribution < 1.29 is 18.8 Å². The van der Waals surface area contributed by atoms with Crippen LogP contribution in [0.1, 0.15) is 18.1 Å². The Bertz CT molecular complexity index is 924. The van der Waals surface area contributed by atoms with Crippen LogP contribution in [0.4, 0.5) is 4.39 Å². The van der Waals surface area contributed by atoms with Crippen LogP contribution in [0, 0.1) is 5.82 Å². The Morgan fingerprint density at radius 3 is 2.24 bits per heavy atom. The van der Waals surface area contributed by atoms with E-state index in [9.17, 15) is 18.8 Å². The van der Waals surface area contributed by atoms with Crippen LogP contribution in [0.5, 0.6) is 0 Å². The van der Waals surface area contributed by atoms with Crippen molar-refractivity contribution in [3.63, 3.8) is 0 Å². The lowest BCUT2D eigenvalue weighted by atomic mass is 10.0. The van der Waals surface area contributed by atoms with Crippen LogP contribution >= 0.6 is 23.2 Å². The van der Waals surface area contributed by atoms with Gasteiger partial charge in [0.2, 0.25) is 17.7 Å². The molecule has 0 saturated heterocycles. The zero-order valence-electron chi connectivity index (χ0n) is 15.5. The average Bonchev–Trinajstić information content (AvgIpc) is 2.63. The molecular weight excluding hydrogens is 420 g/mol. The molecule has 154 valence electrons. The number of carbonyl (C=O) groups is 3. The van der Waals surface area contributed by atoms with E-state index in [0.29, 0.717) is 15.6 Å². The molecule has 2 rings (SSSR count). The third-order valence-corrected chi connectivity index (χ3v) is 4.76. The number of nitrogens with two attached hydrogens (primary N) is 1. The van der Waals surface area contributed by atoms with E-state index in [1.807, 2.05) is 0 Å². The average molecular weight is 440 g/mol. The maximum Gasteiger partial charge on any atom is 0.243 e. The summed E-state index contributed by atoms with van der Waals surface area (Å²) in [6.45, 7) is 1.24. The predicted molar refractivity (Wildman–Crippen MR) is 109 cm³/mol. The molecule has 2 aromatic carbocycles. The zero-order valence-corrected chi connectivity index (χ0v) is 17.1. The largest absolute Gasteiger partial charge is 0.368 e. The number of primary amides is 1. The molecule has 2 atom stereocenters. The molecule has 4 N–H and O–H groups in total. The Labute approximate surface area is 177 Å². The Balaban J connectivity index is 2.18. The van der Waals surface area contributed by atoms with Crippen molar-refractivity contribution in [3.05, 3.63) is 69.5 Å². The summed E-state index contributed by atoms with van der Waals surface area (Å²) in [5.74, 6) is -2.43. The first-order chi connectivity index (χ1) is 13.7. The highest BCUT2D eigenvalue weighted by Crippen LogP contribution is 2.22. The van der Waals surface area contributed by atoms with Crippen molar-refractivity contribution in [3.8, 4) is 0 Å². The number of rotatable bonds is 8. The molecule has 0 aliphatic carbocycles. The van der Waals surface area contributed by atoms with Crippen LogP contribution < -0.4 is 16.4 Å². The van der Waals surface area contributed by atoms with Crippen molar-refractivity contribution in [2.45, 2.75) is 31.8 Å². The molecule has 0 spiro atoms. The van der Waals surface area contributed by atoms with Gasteiger partial charge in [-0.25, -0.2) is 4.39 Å². The minimum Gasteiger partial charge on any atom is -0.368 e. The molecule has 0 saturated carbocycles. The van der Waals surface area contributed by atoms with Gasteiger partial charge in [-0.1, -0.05) is 47.5 Å². The fourth-order valence-corrected chi connectivity index (χ4v) is 3.23. The summed E-state index contributed by atoms with van der Waals surface area (Å²) < 4.78 is 14.0. The van der Waals surface area contributed by atoms with Gasteiger partial charge < -0.3 is 16.4 Å². The van der Waals surface area contributed by atoms with Crippen LogP contribution in [0.2, 0.25) is 10.0 Å². The van der Waals surface area contributed by atoms with E-state index in [2.05, 4.69) is 10.6 Å². The molecule has 0 aromatic heterocycles. The Hall–Kier alpha value is -2.64. The summed E-state index contributed by atoms with van der Waals surface area (Å²) in [4.78, 5) is 36.1. The number of amides is 3. The number of halogens is 3. The number of nitrogens with one attached hydrogen (secondary N) is 2. The topological polar surface area (TPSA) is 101 Å². The van der Waals surface area contributed by atoms with E-state index in [1.165, 1.54) is 31.2 Å². The summed E-state index contributed by atoms with van der Waals surface area (Å²) in [5.41, 5.74) is 6.23. The van der Waals surface area contributed by atoms with Crippen LogP contribution in [-0.4, -0.2) is 29.8 Å². The Morgan fingerprint density at radius 1 is 1.00 bits per heavy atom. The summed E-state index contributed by atoms with van der Waals surface area (Å²) in [7, 11) is 0. The normalized spacial score (nSPS) is 12.7. The molecule has 0 bridgehead atoms. The fourth-order valence-electron chi connectivity index (χ4n) is 2.74. The van der Waals surface area contributed by atoms with E-state index in [0.717, 1.165) is 0 Å². The van der Waals surface area contributed by atoms with Gasteiger partial charge in [-0.3, -0.25) is 14.4 Å². The van der Waals surface area contributed by atoms with Crippen molar-refractivity contribution in [2.24, 2.45) is 5.73 Å². The van der Waals surface area contributed by atoms with E-state index in [1.54, 1.807) is 18.2 Å². The van der Waals surface area contributed by atoms with E-state index in [-0.39, 0.29) is 18.4 Å². The predicted octanol–water partition coefficient (Wildman–Crippen LogP) is 2.39. The number of benzene rings is 2. The molecule has 6 nitrogen and oxygen atoms in total. The maximum atomic E-state index is 14.0. The quantitative estimate of drug-likeness (QED) is 0.588. The molecular formula is C20H20Cl2FN3O3. The SMILES string of the molecule is CC(=O)N[C@@H](Cc1ccccc1F)C(=O)N[C@@H](Cc1ccc(Cl)cc1Cl)C(N)=O. The first-order valence-corrected chi connectivity index (χ1v) is 9.47. The third kappa shape index (κ3) is 6.73. The van der Waals surface area contributed by atoms with Gasteiger partial charge in [0.05, 0.1) is 0 Å². The summed E-state index contributed by atoms with van der Waals surface area (Å²) >= 11 is 12.0. The Kier molecular flexibility index (Phi) is 7.99. The van der Waals surface area contributed by atoms with E-state index < -0.39 is 35.6 Å². The molecule has 29 heavy (non-hydrogen) atoms. The summed E-state index contributed by atoms with van der Waals surface area (Å²) in [6.07, 6.45) is -0.0607. The van der Waals surface area contributed by atoms with E-state index >= 15 is 0 Å². The van der Waals surface area contributed by atoms with Crippen LogP contribution in [0.3, 0.4) is 0 Å². The monoisotopic (exact) mass is 439 g/mol. The minimum atomic E-state index is -1.09. The minimum absolute atomic E-state index is 0.0313. The second-order valence-corrected chi connectivity index (χ2v) is 7.30. The highest BCUT2D eigenvalue weighted by atomic mass is 35.5. The van der Waals surface area contributed by atoms with Gasteiger partial charge in [0.15, 0.2) is 0 Å². The second kappa shape index (κ2) is 10.2. The van der Waals surface area contributed by atoms with Gasteiger partial charge in [-0.05, 0) is 29.3 Å². The van der Waals surface area contributed by atoms with Crippen molar-refractivity contribution in [1.82, 2.24) is 10.6 Å². The van der Waals surface area contributed by atoms with Crippen LogP contribution in [0.25, 0.3) is 0 Å². The molecule has 0 aliphatic heterocycles. The first kappa shape index (κ1) is 22.6. The van der Waals surface area contributed by atoms with Gasteiger partial charge in [0, 0.05) is 29.8 Å². The summed E-state index contributed by atoms with van der Waals surface area (Å²) in [6, 6.07) is 8.46. The van der Waals surface area contributed by atoms with Crippen molar-refractivity contribution in [2.75, 3.05) is 0 Å². The molecule has 0 radical (unpaired) electrons. The molecule has 9 heteroatoms. The number of carbonyl (C=O) groups excluding carboxylic acids is 3. The molecule has 2 aromatic rings. The van der Waals surface area contributed by atoms with Crippen LogP contribution in [-0.2, 0) is 27.2 Å². The molecule has 3 amide bonds. The molecule has 0 unspecified atom stereocenters. The van der Waals surface area contributed by atoms with Gasteiger partial charge in [0.1, 0.15) is 17.9 Å².